The van der Waals surface area contributed by atoms with E-state index in [0.717, 1.165) is 96.0 Å². The molecule has 0 fully saturated rings. The Labute approximate surface area is 417 Å². The van der Waals surface area contributed by atoms with Gasteiger partial charge in [-0.05, 0) is 141 Å². The molecule has 0 saturated heterocycles. The first-order chi connectivity index (χ1) is 31.2. The Kier molecular flexibility index (Phi) is 27.6. The average molecular weight is 1010 g/mol. The van der Waals surface area contributed by atoms with Gasteiger partial charge >= 0.3 is 0 Å². The van der Waals surface area contributed by atoms with E-state index in [2.05, 4.69) is 143 Å². The van der Waals surface area contributed by atoms with Crippen molar-refractivity contribution in [1.82, 2.24) is 0 Å². The summed E-state index contributed by atoms with van der Waals surface area (Å²) in [7, 11) is -7.15. The number of Topliss-reactive ketones (excluding diaryl/α,β-unsaturated/α-hetero) is 1. The summed E-state index contributed by atoms with van der Waals surface area (Å²) in [4.78, 5) is 27.3. The number of methoxy groups -OCH3 is 1. The van der Waals surface area contributed by atoms with E-state index in [4.69, 9.17) is 27.2 Å². The predicted molar refractivity (Wildman–Crippen MR) is 296 cm³/mol. The van der Waals surface area contributed by atoms with E-state index >= 15 is 4.79 Å². The zero-order valence-corrected chi connectivity index (χ0v) is 51.0. The molecule has 0 unspecified atom stereocenters. The normalized spacial score (nSPS) is 17.0. The second kappa shape index (κ2) is 29.1. The van der Waals surface area contributed by atoms with Crippen LogP contribution in [0.15, 0.2) is 48.1 Å². The van der Waals surface area contributed by atoms with E-state index in [9.17, 15) is 4.79 Å². The van der Waals surface area contributed by atoms with Crippen molar-refractivity contribution >= 4 is 45.3 Å². The number of allylic oxidation sites excluding steroid dienone is 2. The van der Waals surface area contributed by atoms with Gasteiger partial charge in [-0.3, -0.25) is 4.79 Å². The second-order valence-electron chi connectivity index (χ2n) is 21.9. The third-order valence-corrected chi connectivity index (χ3v) is 34.9. The highest BCUT2D eigenvalue weighted by molar-refractivity contribution is 6.75. The standard InChI is InChI=1S/C55H104O8Si4/c1-22-65(23-2,24-3)60-47(14)39-45(12)52(62-66(25-4,26-5)27-6)53(59-42-48-31-33-49(58-19)34-32-48)51(57)40-50(61-64(20,21)54(15,16)17)41-55(18,63-67(28-7,29-8)30-9)46(13)38-44(11)37-43(10)35-36-56/h31-34,36,38,43,45,47,50,52-53H,11,22-30,35,37,39-42H2,1-10,12-21H3/b46-38+/t43-,45+,47+,50+,52-,53-,55+/m0/s1. The van der Waals surface area contributed by atoms with E-state index in [1.165, 1.54) is 0 Å². The van der Waals surface area contributed by atoms with Gasteiger partial charge < -0.3 is 32.0 Å². The van der Waals surface area contributed by atoms with Gasteiger partial charge in [0.25, 0.3) is 0 Å². The minimum absolute atomic E-state index is 0.00862. The van der Waals surface area contributed by atoms with E-state index < -0.39 is 57.2 Å². The summed E-state index contributed by atoms with van der Waals surface area (Å²) in [6, 6.07) is 17.0. The molecule has 12 heteroatoms. The predicted octanol–water partition coefficient (Wildman–Crippen LogP) is 16.0. The molecule has 7 atom stereocenters. The number of carbonyl (C=O) groups is 2. The van der Waals surface area contributed by atoms with Gasteiger partial charge in [0.15, 0.2) is 39.1 Å². The second-order valence-corrected chi connectivity index (χ2v) is 40.8. The fourth-order valence-electron chi connectivity index (χ4n) is 9.64. The summed E-state index contributed by atoms with van der Waals surface area (Å²) in [6.07, 6.45) is 4.08. The van der Waals surface area contributed by atoms with Crippen LogP contribution in [-0.2, 0) is 38.6 Å². The van der Waals surface area contributed by atoms with Crippen LogP contribution in [0.2, 0.25) is 72.5 Å². The van der Waals surface area contributed by atoms with Crippen LogP contribution >= 0.6 is 0 Å². The molecule has 8 nitrogen and oxygen atoms in total. The fraction of sp³-hybridized carbons (Fsp3) is 0.782. The molecule has 1 aromatic rings. The molecule has 0 aromatic heterocycles. The molecule has 0 heterocycles. The number of rotatable bonds is 36. The van der Waals surface area contributed by atoms with Gasteiger partial charge in [-0.2, -0.15) is 0 Å². The molecule has 0 aliphatic rings. The molecule has 0 radical (unpaired) electrons. The molecular weight excluding hydrogens is 901 g/mol. The number of hydrogen-bond donors (Lipinski definition) is 0. The Hall–Kier alpha value is -1.49. The highest BCUT2D eigenvalue weighted by Gasteiger charge is 2.47. The minimum atomic E-state index is -2.45. The lowest BCUT2D eigenvalue weighted by atomic mass is 9.85. The van der Waals surface area contributed by atoms with Gasteiger partial charge in [-0.25, -0.2) is 0 Å². The van der Waals surface area contributed by atoms with Crippen molar-refractivity contribution < 1.29 is 36.8 Å². The molecule has 0 aliphatic heterocycles. The Balaban J connectivity index is 4.21. The summed E-state index contributed by atoms with van der Waals surface area (Å²) >= 11 is 0. The summed E-state index contributed by atoms with van der Waals surface area (Å²) in [6.45, 7) is 47.5. The van der Waals surface area contributed by atoms with Crippen LogP contribution < -0.4 is 4.74 Å². The number of benzene rings is 1. The molecular formula is C55H104O8Si4. The Morgan fingerprint density at radius 1 is 0.731 bits per heavy atom. The van der Waals surface area contributed by atoms with Crippen LogP contribution in [0, 0.1) is 11.8 Å². The maximum absolute atomic E-state index is 15.8. The molecule has 388 valence electrons. The van der Waals surface area contributed by atoms with Crippen LogP contribution in [0.5, 0.6) is 5.75 Å². The van der Waals surface area contributed by atoms with E-state index in [-0.39, 0.29) is 41.8 Å². The maximum Gasteiger partial charge on any atom is 0.193 e. The number of ketones is 1. The van der Waals surface area contributed by atoms with Crippen molar-refractivity contribution in [3.8, 4) is 5.75 Å². The molecule has 1 aromatic carbocycles. The molecule has 0 amide bonds. The van der Waals surface area contributed by atoms with Gasteiger partial charge in [-0.1, -0.05) is 127 Å². The third-order valence-electron chi connectivity index (χ3n) is 16.2. The number of aldehydes is 1. The van der Waals surface area contributed by atoms with Crippen molar-refractivity contribution in [2.45, 2.75) is 259 Å². The van der Waals surface area contributed by atoms with Gasteiger partial charge in [0.1, 0.15) is 18.1 Å². The molecule has 0 spiro atoms. The highest BCUT2D eigenvalue weighted by Crippen LogP contribution is 2.42. The molecule has 0 bridgehead atoms. The lowest BCUT2D eigenvalue weighted by molar-refractivity contribution is -0.144. The van der Waals surface area contributed by atoms with Crippen LogP contribution in [0.25, 0.3) is 0 Å². The lowest BCUT2D eigenvalue weighted by Gasteiger charge is -2.46. The van der Waals surface area contributed by atoms with Gasteiger partial charge in [-0.15, -0.1) is 0 Å². The van der Waals surface area contributed by atoms with Crippen molar-refractivity contribution in [2.75, 3.05) is 7.11 Å². The summed E-state index contributed by atoms with van der Waals surface area (Å²) in [5.41, 5.74) is 2.28. The minimum Gasteiger partial charge on any atom is -0.497 e. The zero-order chi connectivity index (χ0) is 51.4. The highest BCUT2D eigenvalue weighted by atomic mass is 28.4. The van der Waals surface area contributed by atoms with Crippen molar-refractivity contribution in [2.24, 2.45) is 11.8 Å². The van der Waals surface area contributed by atoms with Gasteiger partial charge in [0.05, 0.1) is 31.5 Å². The number of carbonyl (C=O) groups excluding carboxylic acids is 2. The summed E-state index contributed by atoms with van der Waals surface area (Å²) < 4.78 is 42.3. The monoisotopic (exact) mass is 1000 g/mol. The topological polar surface area (TPSA) is 89.5 Å². The van der Waals surface area contributed by atoms with E-state index in [1.807, 2.05) is 24.3 Å². The SMILES string of the molecule is C=C(/C=C(\C)[C@@](C)(C[C@@H](CC(=O)[C@H](OCc1ccc(OC)cc1)[C@@H](O[Si](CC)(CC)CC)[C@H](C)C[C@@H](C)O[Si](CC)(CC)CC)O[Si](C)(C)C(C)(C)C)O[Si](CC)(CC)CC)C[C@@H](C)CC=O. The van der Waals surface area contributed by atoms with Crippen molar-refractivity contribution in [1.29, 1.82) is 0 Å². The average Bonchev–Trinajstić information content (AvgIpc) is 3.28. The smallest absolute Gasteiger partial charge is 0.193 e. The fourth-order valence-corrected chi connectivity index (χ4v) is 20.0. The quantitative estimate of drug-likeness (QED) is 0.0373. The first-order valence-electron chi connectivity index (χ1n) is 26.6. The molecule has 0 N–H and O–H groups in total. The molecule has 67 heavy (non-hydrogen) atoms. The van der Waals surface area contributed by atoms with Crippen molar-refractivity contribution in [3.05, 3.63) is 53.6 Å². The Morgan fingerprint density at radius 3 is 1.67 bits per heavy atom. The van der Waals surface area contributed by atoms with Crippen LogP contribution in [0.4, 0.5) is 0 Å². The molecule has 1 rings (SSSR count). The zero-order valence-electron chi connectivity index (χ0n) is 47.0. The maximum atomic E-state index is 15.8. The lowest BCUT2D eigenvalue weighted by Crippen LogP contribution is -2.53. The van der Waals surface area contributed by atoms with Crippen LogP contribution in [0.3, 0.4) is 0 Å². The van der Waals surface area contributed by atoms with E-state index in [0.29, 0.717) is 12.8 Å². The molecule has 0 saturated carbocycles. The van der Waals surface area contributed by atoms with Gasteiger partial charge in [0.2, 0.25) is 0 Å². The Bertz CT molecular complexity index is 1600. The van der Waals surface area contributed by atoms with Crippen molar-refractivity contribution in [3.63, 3.8) is 0 Å². The Morgan fingerprint density at radius 2 is 1.22 bits per heavy atom. The van der Waals surface area contributed by atoms with Gasteiger partial charge in [0, 0.05) is 25.4 Å². The van der Waals surface area contributed by atoms with Crippen LogP contribution in [0.1, 0.15) is 155 Å². The first kappa shape index (κ1) is 63.5. The summed E-state index contributed by atoms with van der Waals surface area (Å²) in [5.74, 6) is 0.950. The van der Waals surface area contributed by atoms with E-state index in [1.54, 1.807) is 7.11 Å². The molecule has 0 aliphatic carbocycles. The largest absolute Gasteiger partial charge is 0.497 e. The van der Waals surface area contributed by atoms with Crippen LogP contribution in [-0.4, -0.2) is 82.5 Å². The number of ether oxygens (including phenoxy) is 2. The number of hydrogen-bond acceptors (Lipinski definition) is 8. The first-order valence-corrected chi connectivity index (χ1v) is 37.1. The summed E-state index contributed by atoms with van der Waals surface area (Å²) in [5, 5.41) is -0.0998. The third kappa shape index (κ3) is 19.2.